The fraction of sp³-hybridized carbons (Fsp3) is 0.444. The molecule has 0 spiro atoms. The van der Waals surface area contributed by atoms with Crippen molar-refractivity contribution in [1.82, 2.24) is 0 Å². The zero-order valence-electron chi connectivity index (χ0n) is 13.6. The van der Waals surface area contributed by atoms with E-state index in [0.29, 0.717) is 0 Å². The maximum Gasteiger partial charge on any atom is 0.495 e. The van der Waals surface area contributed by atoms with Crippen LogP contribution < -0.4 is 5.46 Å². The van der Waals surface area contributed by atoms with Gasteiger partial charge in [-0.1, -0.05) is 43.3 Å². The molecule has 0 N–H and O–H groups in total. The number of fused-ring (bicyclic) bond motifs is 1. The lowest BCUT2D eigenvalue weighted by molar-refractivity contribution is 0.00578. The second-order valence-corrected chi connectivity index (χ2v) is 6.80. The Hall–Kier alpha value is -1.32. The summed E-state index contributed by atoms with van der Waals surface area (Å²) in [5.74, 6) is 0. The molecular weight excluding hydrogens is 259 g/mol. The van der Waals surface area contributed by atoms with Crippen LogP contribution in [0, 0.1) is 0 Å². The van der Waals surface area contributed by atoms with E-state index >= 15 is 0 Å². The van der Waals surface area contributed by atoms with E-state index in [1.54, 1.807) is 0 Å². The predicted octanol–water partition coefficient (Wildman–Crippen LogP) is 3.70. The Morgan fingerprint density at radius 2 is 1.48 bits per heavy atom. The molecule has 2 aromatic rings. The highest BCUT2D eigenvalue weighted by atomic mass is 16.7. The second-order valence-electron chi connectivity index (χ2n) is 6.80. The molecule has 2 aromatic carbocycles. The zero-order valence-corrected chi connectivity index (χ0v) is 13.6. The maximum atomic E-state index is 6.24. The van der Waals surface area contributed by atoms with E-state index in [9.17, 15) is 0 Å². The topological polar surface area (TPSA) is 18.5 Å². The van der Waals surface area contributed by atoms with E-state index in [2.05, 4.69) is 71.0 Å². The molecule has 0 aliphatic carbocycles. The number of hydrogen-bond donors (Lipinski definition) is 0. The fourth-order valence-electron chi connectivity index (χ4n) is 2.91. The summed E-state index contributed by atoms with van der Waals surface area (Å²) in [6.07, 6.45) is 1.01. The first-order valence-electron chi connectivity index (χ1n) is 7.72. The Kier molecular flexibility index (Phi) is 3.38. The minimum atomic E-state index is -0.305. The van der Waals surface area contributed by atoms with Crippen LogP contribution in [0.3, 0.4) is 0 Å². The van der Waals surface area contributed by atoms with E-state index < -0.39 is 0 Å². The average Bonchev–Trinajstić information content (AvgIpc) is 2.66. The normalized spacial score (nSPS) is 20.1. The molecule has 3 rings (SSSR count). The summed E-state index contributed by atoms with van der Waals surface area (Å²) in [6, 6.07) is 12.8. The van der Waals surface area contributed by atoms with Gasteiger partial charge in [-0.3, -0.25) is 0 Å². The molecular formula is C18H23BO2. The maximum absolute atomic E-state index is 6.24. The molecule has 0 aromatic heterocycles. The third kappa shape index (κ3) is 2.29. The van der Waals surface area contributed by atoms with Gasteiger partial charge >= 0.3 is 7.12 Å². The highest BCUT2D eigenvalue weighted by Crippen LogP contribution is 2.37. The molecule has 0 bridgehead atoms. The molecule has 110 valence electrons. The van der Waals surface area contributed by atoms with Gasteiger partial charge < -0.3 is 9.31 Å². The van der Waals surface area contributed by atoms with Crippen LogP contribution >= 0.6 is 0 Å². The summed E-state index contributed by atoms with van der Waals surface area (Å²) < 4.78 is 12.5. The first-order valence-corrected chi connectivity index (χ1v) is 7.72. The molecule has 1 fully saturated rings. The Morgan fingerprint density at radius 1 is 0.905 bits per heavy atom. The second kappa shape index (κ2) is 4.86. The number of hydrogen-bond acceptors (Lipinski definition) is 2. The van der Waals surface area contributed by atoms with Crippen molar-refractivity contribution in [2.24, 2.45) is 0 Å². The van der Waals surface area contributed by atoms with Crippen LogP contribution in [0.4, 0.5) is 0 Å². The van der Waals surface area contributed by atoms with Gasteiger partial charge in [0, 0.05) is 0 Å². The van der Waals surface area contributed by atoms with Gasteiger partial charge in [0.2, 0.25) is 0 Å². The molecule has 2 nitrogen and oxygen atoms in total. The molecule has 1 aliphatic heterocycles. The lowest BCUT2D eigenvalue weighted by Crippen LogP contribution is -2.41. The Labute approximate surface area is 127 Å². The van der Waals surface area contributed by atoms with Gasteiger partial charge in [0.25, 0.3) is 0 Å². The van der Waals surface area contributed by atoms with Crippen molar-refractivity contribution >= 4 is 23.4 Å². The molecule has 21 heavy (non-hydrogen) atoms. The van der Waals surface area contributed by atoms with Crippen molar-refractivity contribution in [1.29, 1.82) is 0 Å². The monoisotopic (exact) mass is 282 g/mol. The summed E-state index contributed by atoms with van der Waals surface area (Å²) in [7, 11) is -0.300. The molecule has 0 amide bonds. The minimum absolute atomic E-state index is 0.300. The van der Waals surface area contributed by atoms with E-state index in [1.165, 1.54) is 16.3 Å². The number of benzene rings is 2. The average molecular weight is 282 g/mol. The molecule has 1 saturated heterocycles. The fourth-order valence-corrected chi connectivity index (χ4v) is 2.91. The minimum Gasteiger partial charge on any atom is -0.399 e. The highest BCUT2D eigenvalue weighted by molar-refractivity contribution is 6.65. The van der Waals surface area contributed by atoms with Crippen LogP contribution in [0.25, 0.3) is 10.8 Å². The summed E-state index contributed by atoms with van der Waals surface area (Å²) in [6.45, 7) is 10.6. The smallest absolute Gasteiger partial charge is 0.399 e. The van der Waals surface area contributed by atoms with Crippen molar-refractivity contribution in [2.45, 2.75) is 52.2 Å². The van der Waals surface area contributed by atoms with Crippen LogP contribution in [-0.4, -0.2) is 18.3 Å². The van der Waals surface area contributed by atoms with Gasteiger partial charge in [-0.05, 0) is 55.9 Å². The molecule has 0 saturated carbocycles. The van der Waals surface area contributed by atoms with Crippen LogP contribution in [0.15, 0.2) is 36.4 Å². The standard InChI is InChI=1S/C18H23BO2/c1-6-13-9-7-10-14-11-8-12-15(16(13)14)19-20-17(2,3)18(4,5)21-19/h7-12H,6H2,1-5H3. The summed E-state index contributed by atoms with van der Waals surface area (Å²) in [5.41, 5.74) is 1.88. The van der Waals surface area contributed by atoms with E-state index in [4.69, 9.17) is 9.31 Å². The van der Waals surface area contributed by atoms with Crippen molar-refractivity contribution in [3.05, 3.63) is 42.0 Å². The quantitative estimate of drug-likeness (QED) is 0.782. The third-order valence-corrected chi connectivity index (χ3v) is 4.91. The van der Waals surface area contributed by atoms with Crippen LogP contribution in [-0.2, 0) is 15.7 Å². The van der Waals surface area contributed by atoms with Crippen molar-refractivity contribution in [2.75, 3.05) is 0 Å². The largest absolute Gasteiger partial charge is 0.495 e. The van der Waals surface area contributed by atoms with E-state index in [0.717, 1.165) is 11.9 Å². The third-order valence-electron chi connectivity index (χ3n) is 4.91. The highest BCUT2D eigenvalue weighted by Gasteiger charge is 2.52. The predicted molar refractivity (Wildman–Crippen MR) is 89.0 cm³/mol. The van der Waals surface area contributed by atoms with E-state index in [1.807, 2.05) is 0 Å². The Balaban J connectivity index is 2.14. The summed E-state index contributed by atoms with van der Waals surface area (Å²) >= 11 is 0. The molecule has 0 unspecified atom stereocenters. The van der Waals surface area contributed by atoms with E-state index in [-0.39, 0.29) is 18.3 Å². The molecule has 0 radical (unpaired) electrons. The van der Waals surface area contributed by atoms with Crippen LogP contribution in [0.5, 0.6) is 0 Å². The van der Waals surface area contributed by atoms with Gasteiger partial charge in [-0.15, -0.1) is 0 Å². The Bertz CT molecular complexity index is 655. The SMILES string of the molecule is CCc1cccc2cccc(B3OC(C)(C)C(C)(C)O3)c12. The molecule has 1 heterocycles. The van der Waals surface area contributed by atoms with Crippen LogP contribution in [0.1, 0.15) is 40.2 Å². The van der Waals surface area contributed by atoms with Gasteiger partial charge in [-0.25, -0.2) is 0 Å². The summed E-state index contributed by atoms with van der Waals surface area (Å²) in [5, 5.41) is 2.53. The van der Waals surface area contributed by atoms with Crippen molar-refractivity contribution in [3.63, 3.8) is 0 Å². The van der Waals surface area contributed by atoms with Crippen molar-refractivity contribution in [3.8, 4) is 0 Å². The first-order chi connectivity index (χ1) is 9.86. The molecule has 0 atom stereocenters. The molecule has 3 heteroatoms. The van der Waals surface area contributed by atoms with Gasteiger partial charge in [0.1, 0.15) is 0 Å². The lowest BCUT2D eigenvalue weighted by atomic mass is 9.75. The first kappa shape index (κ1) is 14.6. The van der Waals surface area contributed by atoms with Crippen molar-refractivity contribution < 1.29 is 9.31 Å². The van der Waals surface area contributed by atoms with Gasteiger partial charge in [0.15, 0.2) is 0 Å². The summed E-state index contributed by atoms with van der Waals surface area (Å²) in [4.78, 5) is 0. The number of aryl methyl sites for hydroxylation is 1. The Morgan fingerprint density at radius 3 is 2.05 bits per heavy atom. The molecule has 1 aliphatic rings. The van der Waals surface area contributed by atoms with Gasteiger partial charge in [0.05, 0.1) is 11.2 Å². The number of rotatable bonds is 2. The zero-order chi connectivity index (χ0) is 15.3. The van der Waals surface area contributed by atoms with Gasteiger partial charge in [-0.2, -0.15) is 0 Å². The lowest BCUT2D eigenvalue weighted by Gasteiger charge is -2.32. The van der Waals surface area contributed by atoms with Crippen LogP contribution in [0.2, 0.25) is 0 Å².